The Morgan fingerprint density at radius 2 is 2.04 bits per heavy atom. The first-order chi connectivity index (χ1) is 12.1. The van der Waals surface area contributed by atoms with E-state index in [1.165, 1.54) is 28.9 Å². The predicted molar refractivity (Wildman–Crippen MR) is 89.8 cm³/mol. The third-order valence-electron chi connectivity index (χ3n) is 3.70. The molecule has 0 spiro atoms. The van der Waals surface area contributed by atoms with Crippen molar-refractivity contribution in [2.24, 2.45) is 0 Å². The van der Waals surface area contributed by atoms with Crippen molar-refractivity contribution in [3.8, 4) is 5.75 Å². The van der Waals surface area contributed by atoms with Gasteiger partial charge in [0.15, 0.2) is 12.4 Å². The minimum atomic E-state index is -0.327. The zero-order valence-corrected chi connectivity index (χ0v) is 13.9. The van der Waals surface area contributed by atoms with Gasteiger partial charge in [-0.05, 0) is 44.2 Å². The van der Waals surface area contributed by atoms with Crippen LogP contribution in [0.4, 0.5) is 10.1 Å². The lowest BCUT2D eigenvalue weighted by molar-refractivity contribution is 0.102. The van der Waals surface area contributed by atoms with Crippen LogP contribution in [0.5, 0.6) is 5.75 Å². The molecule has 0 radical (unpaired) electrons. The van der Waals surface area contributed by atoms with Gasteiger partial charge in [0.1, 0.15) is 11.6 Å². The number of carbonyl (C=O) groups excluding carboxylic acids is 1. The summed E-state index contributed by atoms with van der Waals surface area (Å²) in [5.41, 5.74) is 1.81. The fourth-order valence-corrected chi connectivity index (χ4v) is 2.30. The van der Waals surface area contributed by atoms with Crippen LogP contribution in [0.25, 0.3) is 0 Å². The van der Waals surface area contributed by atoms with E-state index < -0.39 is 0 Å². The molecule has 25 heavy (non-hydrogen) atoms. The molecule has 130 valence electrons. The van der Waals surface area contributed by atoms with Crippen molar-refractivity contribution in [2.75, 3.05) is 5.32 Å². The fraction of sp³-hybridized carbons (Fsp3) is 0.235. The molecule has 7 nitrogen and oxygen atoms in total. The minimum Gasteiger partial charge on any atom is -0.471 e. The second-order valence-corrected chi connectivity index (χ2v) is 5.38. The normalized spacial score (nSPS) is 10.7. The number of rotatable bonds is 6. The first-order valence-electron chi connectivity index (χ1n) is 7.82. The predicted octanol–water partition coefficient (Wildman–Crippen LogP) is 2.84. The summed E-state index contributed by atoms with van der Waals surface area (Å²) in [6.45, 7) is 4.72. The molecule has 0 bridgehead atoms. The number of hydrogen-bond acceptors (Lipinski definition) is 4. The van der Waals surface area contributed by atoms with Crippen LogP contribution in [0, 0.1) is 12.7 Å². The van der Waals surface area contributed by atoms with Gasteiger partial charge in [-0.3, -0.25) is 9.48 Å². The molecule has 0 aliphatic rings. The fourth-order valence-electron chi connectivity index (χ4n) is 2.30. The monoisotopic (exact) mass is 343 g/mol. The number of nitrogens with zero attached hydrogens (tertiary/aromatic N) is 4. The van der Waals surface area contributed by atoms with E-state index in [-0.39, 0.29) is 24.1 Å². The molecule has 0 unspecified atom stereocenters. The van der Waals surface area contributed by atoms with Gasteiger partial charge in [0.05, 0.1) is 17.6 Å². The van der Waals surface area contributed by atoms with E-state index >= 15 is 0 Å². The summed E-state index contributed by atoms with van der Waals surface area (Å²) >= 11 is 0. The number of carbonyl (C=O) groups is 1. The Balaban J connectivity index is 1.61. The molecule has 2 aromatic heterocycles. The van der Waals surface area contributed by atoms with Gasteiger partial charge in [0, 0.05) is 12.7 Å². The zero-order valence-electron chi connectivity index (χ0n) is 13.9. The van der Waals surface area contributed by atoms with E-state index in [1.54, 1.807) is 23.1 Å². The number of halogens is 1. The average molecular weight is 343 g/mol. The quantitative estimate of drug-likeness (QED) is 0.747. The van der Waals surface area contributed by atoms with E-state index in [0.29, 0.717) is 11.4 Å². The number of anilines is 1. The smallest absolute Gasteiger partial charge is 0.276 e. The van der Waals surface area contributed by atoms with Crippen LogP contribution in [0.2, 0.25) is 0 Å². The van der Waals surface area contributed by atoms with E-state index in [0.717, 1.165) is 12.2 Å². The Bertz CT molecular complexity index is 870. The molecule has 1 N–H and O–H groups in total. The second kappa shape index (κ2) is 7.16. The molecule has 3 rings (SSSR count). The summed E-state index contributed by atoms with van der Waals surface area (Å²) in [7, 11) is 0. The third-order valence-corrected chi connectivity index (χ3v) is 3.70. The number of amides is 1. The highest BCUT2D eigenvalue weighted by atomic mass is 19.1. The van der Waals surface area contributed by atoms with Crippen molar-refractivity contribution >= 4 is 11.6 Å². The van der Waals surface area contributed by atoms with Crippen LogP contribution in [0.15, 0.2) is 42.7 Å². The molecule has 0 aliphatic heterocycles. The highest BCUT2D eigenvalue weighted by molar-refractivity contribution is 6.03. The van der Waals surface area contributed by atoms with Crippen molar-refractivity contribution in [3.05, 3.63) is 59.9 Å². The molecule has 0 saturated carbocycles. The van der Waals surface area contributed by atoms with Crippen LogP contribution in [0.3, 0.4) is 0 Å². The molecule has 1 aromatic carbocycles. The molecule has 0 atom stereocenters. The first-order valence-corrected chi connectivity index (χ1v) is 7.82. The maximum absolute atomic E-state index is 12.9. The van der Waals surface area contributed by atoms with Crippen LogP contribution in [0.1, 0.15) is 23.1 Å². The van der Waals surface area contributed by atoms with Crippen LogP contribution < -0.4 is 10.1 Å². The van der Waals surface area contributed by atoms with Gasteiger partial charge in [0.2, 0.25) is 0 Å². The van der Waals surface area contributed by atoms with E-state index in [2.05, 4.69) is 15.5 Å². The number of benzene rings is 1. The Morgan fingerprint density at radius 3 is 2.72 bits per heavy atom. The molecule has 0 saturated heterocycles. The number of hydrogen-bond donors (Lipinski definition) is 1. The molecular weight excluding hydrogens is 325 g/mol. The van der Waals surface area contributed by atoms with Crippen molar-refractivity contribution in [2.45, 2.75) is 27.1 Å². The number of nitrogens with one attached hydrogen (secondary N) is 1. The van der Waals surface area contributed by atoms with Gasteiger partial charge in [-0.25, -0.2) is 9.07 Å². The van der Waals surface area contributed by atoms with Crippen LogP contribution in [-0.2, 0) is 13.3 Å². The standard InChI is InChI=1S/C17H18FN5O2/c1-3-23-12(2)16(10-19-23)20-17(24)15-8-9-22(21-15)11-25-14-6-4-13(18)5-7-14/h4-10H,3,11H2,1-2H3,(H,20,24). The van der Waals surface area contributed by atoms with Crippen LogP contribution >= 0.6 is 0 Å². The molecular formula is C17H18FN5O2. The number of ether oxygens (including phenoxy) is 1. The van der Waals surface area contributed by atoms with E-state index in [1.807, 2.05) is 13.8 Å². The van der Waals surface area contributed by atoms with Crippen molar-refractivity contribution in [1.82, 2.24) is 19.6 Å². The number of aromatic nitrogens is 4. The zero-order chi connectivity index (χ0) is 17.8. The topological polar surface area (TPSA) is 74.0 Å². The first kappa shape index (κ1) is 16.7. The molecule has 0 aliphatic carbocycles. The van der Waals surface area contributed by atoms with Gasteiger partial charge in [-0.15, -0.1) is 0 Å². The Kier molecular flexibility index (Phi) is 4.78. The summed E-state index contributed by atoms with van der Waals surface area (Å²) in [5, 5.41) is 11.2. The Labute approximate surface area is 144 Å². The van der Waals surface area contributed by atoms with E-state index in [9.17, 15) is 9.18 Å². The summed E-state index contributed by atoms with van der Waals surface area (Å²) in [5.74, 6) is -0.128. The maximum atomic E-state index is 12.9. The summed E-state index contributed by atoms with van der Waals surface area (Å²) in [4.78, 5) is 12.3. The largest absolute Gasteiger partial charge is 0.471 e. The molecule has 2 heterocycles. The van der Waals surface area contributed by atoms with Gasteiger partial charge < -0.3 is 10.1 Å². The third kappa shape index (κ3) is 3.85. The summed E-state index contributed by atoms with van der Waals surface area (Å²) in [6.07, 6.45) is 3.26. The SMILES string of the molecule is CCn1ncc(NC(=O)c2ccn(COc3ccc(F)cc3)n2)c1C. The van der Waals surface area contributed by atoms with E-state index in [4.69, 9.17) is 4.74 Å². The van der Waals surface area contributed by atoms with Crippen molar-refractivity contribution in [3.63, 3.8) is 0 Å². The lowest BCUT2D eigenvalue weighted by atomic mass is 10.3. The van der Waals surface area contributed by atoms with Crippen LogP contribution in [-0.4, -0.2) is 25.5 Å². The lowest BCUT2D eigenvalue weighted by Gasteiger charge is -2.06. The van der Waals surface area contributed by atoms with Crippen molar-refractivity contribution in [1.29, 1.82) is 0 Å². The highest BCUT2D eigenvalue weighted by Crippen LogP contribution is 2.15. The molecule has 8 heteroatoms. The van der Waals surface area contributed by atoms with Gasteiger partial charge in [-0.2, -0.15) is 10.2 Å². The Morgan fingerprint density at radius 1 is 1.28 bits per heavy atom. The average Bonchev–Trinajstić information content (AvgIpc) is 3.22. The van der Waals surface area contributed by atoms with Gasteiger partial charge in [0.25, 0.3) is 5.91 Å². The summed E-state index contributed by atoms with van der Waals surface area (Å²) in [6, 6.07) is 7.29. The molecule has 3 aromatic rings. The summed E-state index contributed by atoms with van der Waals surface area (Å²) < 4.78 is 21.6. The van der Waals surface area contributed by atoms with Crippen molar-refractivity contribution < 1.29 is 13.9 Å². The van der Waals surface area contributed by atoms with Gasteiger partial charge in [-0.1, -0.05) is 0 Å². The number of aryl methyl sites for hydroxylation is 1. The van der Waals surface area contributed by atoms with Gasteiger partial charge >= 0.3 is 0 Å². The minimum absolute atomic E-state index is 0.117. The Hall–Kier alpha value is -3.16. The maximum Gasteiger partial charge on any atom is 0.276 e. The highest BCUT2D eigenvalue weighted by Gasteiger charge is 2.13. The lowest BCUT2D eigenvalue weighted by Crippen LogP contribution is -2.14. The second-order valence-electron chi connectivity index (χ2n) is 5.38. The molecule has 1 amide bonds. The molecule has 0 fully saturated rings.